The van der Waals surface area contributed by atoms with E-state index in [4.69, 9.17) is 4.74 Å². The van der Waals surface area contributed by atoms with Crippen molar-refractivity contribution >= 4 is 47.5 Å². The summed E-state index contributed by atoms with van der Waals surface area (Å²) in [4.78, 5) is 34.5. The largest absolute Gasteiger partial charge is 0.466 e. The molecule has 0 unspecified atom stereocenters. The van der Waals surface area contributed by atoms with Crippen molar-refractivity contribution < 1.29 is 14.3 Å². The van der Waals surface area contributed by atoms with Gasteiger partial charge in [-0.3, -0.25) is 9.59 Å². The Balaban J connectivity index is 0.00000512. The first-order valence-corrected chi connectivity index (χ1v) is 11.1. The van der Waals surface area contributed by atoms with Gasteiger partial charge in [-0.25, -0.2) is 4.99 Å². The molecule has 2 rings (SSSR count). The van der Waals surface area contributed by atoms with Crippen LogP contribution < -0.4 is 10.2 Å². The SMILES string of the molecule is CCOC(=O)C1CCN(C(=NCC(=O)N(C)C)NCCCN(C)c2ccccc2)CC1.I. The van der Waals surface area contributed by atoms with Crippen LogP contribution in [0.15, 0.2) is 35.3 Å². The summed E-state index contributed by atoms with van der Waals surface area (Å²) in [6.07, 6.45) is 2.40. The van der Waals surface area contributed by atoms with Crippen molar-refractivity contribution in [2.24, 2.45) is 10.9 Å². The molecular formula is C23H38IN5O3. The molecule has 1 N–H and O–H groups in total. The number of piperidine rings is 1. The molecule has 0 atom stereocenters. The number of halogens is 1. The maximum Gasteiger partial charge on any atom is 0.309 e. The summed E-state index contributed by atoms with van der Waals surface area (Å²) in [5.41, 5.74) is 1.19. The van der Waals surface area contributed by atoms with E-state index in [1.165, 1.54) is 5.69 Å². The zero-order chi connectivity index (χ0) is 22.6. The number of ether oxygens (including phenoxy) is 1. The highest BCUT2D eigenvalue weighted by Gasteiger charge is 2.27. The lowest BCUT2D eigenvalue weighted by molar-refractivity contribution is -0.149. The van der Waals surface area contributed by atoms with Crippen LogP contribution in [-0.2, 0) is 14.3 Å². The third-order valence-electron chi connectivity index (χ3n) is 5.43. The van der Waals surface area contributed by atoms with Gasteiger partial charge < -0.3 is 24.8 Å². The molecule has 0 radical (unpaired) electrons. The summed E-state index contributed by atoms with van der Waals surface area (Å²) in [6.45, 7) is 5.45. The van der Waals surface area contributed by atoms with E-state index in [-0.39, 0.29) is 48.3 Å². The quantitative estimate of drug-likeness (QED) is 0.165. The highest BCUT2D eigenvalue weighted by molar-refractivity contribution is 14.0. The maximum absolute atomic E-state index is 12.0. The Labute approximate surface area is 209 Å². The number of hydrogen-bond donors (Lipinski definition) is 1. The zero-order valence-corrected chi connectivity index (χ0v) is 22.1. The number of carbonyl (C=O) groups is 2. The number of nitrogens with one attached hydrogen (secondary N) is 1. The molecule has 1 heterocycles. The van der Waals surface area contributed by atoms with Gasteiger partial charge in [-0.15, -0.1) is 24.0 Å². The second-order valence-corrected chi connectivity index (χ2v) is 7.98. The van der Waals surface area contributed by atoms with Crippen LogP contribution in [0.4, 0.5) is 5.69 Å². The Kier molecular flexibility index (Phi) is 13.0. The van der Waals surface area contributed by atoms with Gasteiger partial charge in [-0.1, -0.05) is 18.2 Å². The normalized spacial score (nSPS) is 14.4. The van der Waals surface area contributed by atoms with Gasteiger partial charge in [0.25, 0.3) is 0 Å². The smallest absolute Gasteiger partial charge is 0.309 e. The van der Waals surface area contributed by atoms with Crippen molar-refractivity contribution in [3.63, 3.8) is 0 Å². The van der Waals surface area contributed by atoms with E-state index < -0.39 is 0 Å². The highest BCUT2D eigenvalue weighted by atomic mass is 127. The molecule has 0 aliphatic carbocycles. The van der Waals surface area contributed by atoms with Gasteiger partial charge in [-0.05, 0) is 38.3 Å². The fourth-order valence-corrected chi connectivity index (χ4v) is 3.47. The predicted octanol–water partition coefficient (Wildman–Crippen LogP) is 2.44. The molecule has 1 aromatic carbocycles. The van der Waals surface area contributed by atoms with Crippen molar-refractivity contribution in [2.75, 3.05) is 65.4 Å². The molecule has 1 aliphatic heterocycles. The topological polar surface area (TPSA) is 77.5 Å². The monoisotopic (exact) mass is 559 g/mol. The Bertz CT molecular complexity index is 722. The van der Waals surface area contributed by atoms with Crippen LogP contribution in [0.2, 0.25) is 0 Å². The van der Waals surface area contributed by atoms with E-state index >= 15 is 0 Å². The number of rotatable bonds is 9. The van der Waals surface area contributed by atoms with Crippen molar-refractivity contribution in [3.8, 4) is 0 Å². The number of benzene rings is 1. The van der Waals surface area contributed by atoms with Crippen molar-refractivity contribution in [3.05, 3.63) is 30.3 Å². The second kappa shape index (κ2) is 14.9. The number of para-hydroxylation sites is 1. The molecule has 0 spiro atoms. The molecule has 8 nitrogen and oxygen atoms in total. The number of anilines is 1. The average molecular weight is 559 g/mol. The van der Waals surface area contributed by atoms with E-state index in [1.807, 2.05) is 25.1 Å². The van der Waals surface area contributed by atoms with Crippen molar-refractivity contribution in [1.29, 1.82) is 0 Å². The highest BCUT2D eigenvalue weighted by Crippen LogP contribution is 2.19. The molecule has 0 saturated carbocycles. The number of esters is 1. The standard InChI is InChI=1S/C23H37N5O3.HI/c1-5-31-22(30)19-12-16-28(17-13-19)23(25-18-21(29)26(2)3)24-14-9-15-27(4)20-10-7-6-8-11-20;/h6-8,10-11,19H,5,9,12-18H2,1-4H3,(H,24,25);1H. The minimum atomic E-state index is -0.111. The van der Waals surface area contributed by atoms with Gasteiger partial charge in [0.05, 0.1) is 12.5 Å². The zero-order valence-electron chi connectivity index (χ0n) is 19.7. The van der Waals surface area contributed by atoms with Gasteiger partial charge >= 0.3 is 5.97 Å². The number of amides is 1. The van der Waals surface area contributed by atoms with Crippen LogP contribution in [0.3, 0.4) is 0 Å². The molecule has 1 fully saturated rings. The molecule has 1 aliphatic rings. The Morgan fingerprint density at radius 2 is 1.81 bits per heavy atom. The minimum absolute atomic E-state index is 0. The van der Waals surface area contributed by atoms with Crippen LogP contribution in [0.25, 0.3) is 0 Å². The third-order valence-corrected chi connectivity index (χ3v) is 5.43. The molecule has 1 saturated heterocycles. The maximum atomic E-state index is 12.0. The summed E-state index contributed by atoms with van der Waals surface area (Å²) in [6, 6.07) is 10.3. The first-order chi connectivity index (χ1) is 14.9. The van der Waals surface area contributed by atoms with Crippen molar-refractivity contribution in [1.82, 2.24) is 15.1 Å². The number of carbonyl (C=O) groups excluding carboxylic acids is 2. The van der Waals surface area contributed by atoms with Gasteiger partial charge in [0, 0.05) is 53.0 Å². The van der Waals surface area contributed by atoms with E-state index in [0.29, 0.717) is 6.61 Å². The minimum Gasteiger partial charge on any atom is -0.466 e. The first-order valence-electron chi connectivity index (χ1n) is 11.1. The summed E-state index contributed by atoms with van der Waals surface area (Å²) in [5.74, 6) is 0.533. The Morgan fingerprint density at radius 1 is 1.16 bits per heavy atom. The van der Waals surface area contributed by atoms with E-state index in [0.717, 1.165) is 51.4 Å². The van der Waals surface area contributed by atoms with E-state index in [2.05, 4.69) is 39.3 Å². The molecule has 0 aromatic heterocycles. The van der Waals surface area contributed by atoms with Crippen LogP contribution in [0.1, 0.15) is 26.2 Å². The Hall–Kier alpha value is -2.04. The van der Waals surface area contributed by atoms with Gasteiger partial charge in [0.15, 0.2) is 5.96 Å². The summed E-state index contributed by atoms with van der Waals surface area (Å²) in [7, 11) is 5.55. The summed E-state index contributed by atoms with van der Waals surface area (Å²) >= 11 is 0. The fraction of sp³-hybridized carbons (Fsp3) is 0.609. The van der Waals surface area contributed by atoms with E-state index in [1.54, 1.807) is 19.0 Å². The lowest BCUT2D eigenvalue weighted by Gasteiger charge is -2.33. The molecule has 1 amide bonds. The lowest BCUT2D eigenvalue weighted by atomic mass is 9.97. The molecule has 180 valence electrons. The average Bonchev–Trinajstić information content (AvgIpc) is 2.79. The number of guanidine groups is 1. The lowest BCUT2D eigenvalue weighted by Crippen LogP contribution is -2.47. The number of likely N-dealkylation sites (N-methyl/N-ethyl adjacent to an activating group) is 1. The molecule has 32 heavy (non-hydrogen) atoms. The number of aliphatic imine (C=N–C) groups is 1. The summed E-state index contributed by atoms with van der Waals surface area (Å²) in [5, 5.41) is 3.42. The van der Waals surface area contributed by atoms with Crippen LogP contribution >= 0.6 is 24.0 Å². The molecule has 9 heteroatoms. The molecule has 1 aromatic rings. The fourth-order valence-electron chi connectivity index (χ4n) is 3.47. The number of hydrogen-bond acceptors (Lipinski definition) is 5. The van der Waals surface area contributed by atoms with Crippen LogP contribution in [0.5, 0.6) is 0 Å². The Morgan fingerprint density at radius 3 is 2.41 bits per heavy atom. The van der Waals surface area contributed by atoms with Crippen molar-refractivity contribution in [2.45, 2.75) is 26.2 Å². The number of likely N-dealkylation sites (tertiary alicyclic amines) is 1. The molecular weight excluding hydrogens is 521 g/mol. The number of nitrogens with zero attached hydrogens (tertiary/aromatic N) is 4. The predicted molar refractivity (Wildman–Crippen MR) is 140 cm³/mol. The van der Waals surface area contributed by atoms with Gasteiger partial charge in [0.2, 0.25) is 5.91 Å². The van der Waals surface area contributed by atoms with Gasteiger partial charge in [-0.2, -0.15) is 0 Å². The van der Waals surface area contributed by atoms with Crippen LogP contribution in [0, 0.1) is 5.92 Å². The second-order valence-electron chi connectivity index (χ2n) is 7.98. The first kappa shape index (κ1) is 28.0. The van der Waals surface area contributed by atoms with Crippen LogP contribution in [-0.4, -0.2) is 88.1 Å². The van der Waals surface area contributed by atoms with Gasteiger partial charge in [0.1, 0.15) is 6.54 Å². The molecule has 0 bridgehead atoms. The van der Waals surface area contributed by atoms with E-state index in [9.17, 15) is 9.59 Å². The third kappa shape index (κ3) is 9.22. The summed E-state index contributed by atoms with van der Waals surface area (Å²) < 4.78 is 5.16.